The lowest BCUT2D eigenvalue weighted by Gasteiger charge is -2.17. The summed E-state index contributed by atoms with van der Waals surface area (Å²) in [5, 5.41) is 28.6. The number of hydrogen-bond acceptors (Lipinski definition) is 8. The van der Waals surface area contributed by atoms with Crippen LogP contribution < -0.4 is 16.0 Å². The van der Waals surface area contributed by atoms with Crippen molar-refractivity contribution in [1.29, 1.82) is 0 Å². The lowest BCUT2D eigenvalue weighted by molar-refractivity contribution is -0.139. The monoisotopic (exact) mass is 507 g/mol. The second kappa shape index (κ2) is 11.7. The van der Waals surface area contributed by atoms with E-state index in [-0.39, 0.29) is 19.0 Å². The number of carboxylic acids is 1. The second-order valence-corrected chi connectivity index (χ2v) is 9.38. The molecule has 4 rings (SSSR count). The van der Waals surface area contributed by atoms with Crippen molar-refractivity contribution in [3.8, 4) is 0 Å². The molecule has 0 bridgehead atoms. The zero-order chi connectivity index (χ0) is 25.5. The van der Waals surface area contributed by atoms with Gasteiger partial charge in [0.1, 0.15) is 6.04 Å². The van der Waals surface area contributed by atoms with Gasteiger partial charge < -0.3 is 15.7 Å². The Hall–Kier alpha value is -3.83. The molecule has 1 amide bonds. The van der Waals surface area contributed by atoms with Crippen molar-refractivity contribution in [2.24, 2.45) is 0 Å². The molecule has 5 N–H and O–H groups in total. The fraction of sp³-hybridized carbons (Fsp3) is 0.320. The minimum atomic E-state index is -1.04. The summed E-state index contributed by atoms with van der Waals surface area (Å²) in [4.78, 5) is 33.5. The fourth-order valence-electron chi connectivity index (χ4n) is 3.96. The number of amides is 1. The maximum Gasteiger partial charge on any atom is 0.322 e. The summed E-state index contributed by atoms with van der Waals surface area (Å²) in [6.07, 6.45) is 3.67. The topological polar surface area (TPSA) is 145 Å². The van der Waals surface area contributed by atoms with Crippen molar-refractivity contribution in [3.05, 3.63) is 69.3 Å². The lowest BCUT2D eigenvalue weighted by Crippen LogP contribution is -2.45. The highest BCUT2D eigenvalue weighted by Gasteiger charge is 2.20. The highest BCUT2D eigenvalue weighted by atomic mass is 32.1. The molecule has 0 spiro atoms. The van der Waals surface area contributed by atoms with Crippen LogP contribution in [0.4, 0.5) is 5.95 Å². The Kier molecular flexibility index (Phi) is 8.24. The predicted octanol–water partition coefficient (Wildman–Crippen LogP) is 3.05. The molecule has 0 saturated heterocycles. The van der Waals surface area contributed by atoms with Crippen LogP contribution in [0.25, 0.3) is 10.9 Å². The molecule has 0 aliphatic heterocycles. The third-order valence-electron chi connectivity index (χ3n) is 5.94. The summed E-state index contributed by atoms with van der Waals surface area (Å²) >= 11 is 1.31. The van der Waals surface area contributed by atoms with Gasteiger partial charge in [-0.25, -0.2) is 9.97 Å². The number of carbonyl (C=O) groups excluding carboxylic acids is 1. The molecule has 36 heavy (non-hydrogen) atoms. The number of hydrogen-bond donors (Lipinski definition) is 5. The molecule has 1 atom stereocenters. The third-order valence-corrected chi connectivity index (χ3v) is 6.81. The quantitative estimate of drug-likeness (QED) is 0.184. The van der Waals surface area contributed by atoms with Gasteiger partial charge in [-0.15, -0.1) is 11.3 Å². The van der Waals surface area contributed by atoms with Crippen molar-refractivity contribution in [2.75, 3.05) is 18.4 Å². The van der Waals surface area contributed by atoms with Crippen molar-refractivity contribution in [2.45, 2.75) is 39.3 Å². The Balaban J connectivity index is 1.28. The van der Waals surface area contributed by atoms with Gasteiger partial charge in [0, 0.05) is 42.0 Å². The lowest BCUT2D eigenvalue weighted by atomic mass is 10.1. The van der Waals surface area contributed by atoms with Crippen LogP contribution >= 0.6 is 11.3 Å². The van der Waals surface area contributed by atoms with E-state index in [2.05, 4.69) is 42.2 Å². The van der Waals surface area contributed by atoms with Gasteiger partial charge in [-0.2, -0.15) is 5.10 Å². The standard InChI is InChI=1S/C25H29N7O3S/c1-15-18(12-27-21(24(34)35)14-28-23(33)22-9-5-11-36-22)16(2)31-25(30-15)26-10-4-7-17-6-3-8-20-19(17)13-29-32-20/h3,5-6,8-9,11,13,21,27H,4,7,10,12,14H2,1-2H3,(H,28,33)(H,29,32)(H,34,35)(H,26,30,31)/t21-/m0/s1. The first-order chi connectivity index (χ1) is 17.4. The van der Waals surface area contributed by atoms with Gasteiger partial charge in [0.2, 0.25) is 5.95 Å². The molecule has 0 saturated carbocycles. The number of aryl methyl sites for hydroxylation is 3. The summed E-state index contributed by atoms with van der Waals surface area (Å²) < 4.78 is 0. The zero-order valence-corrected chi connectivity index (χ0v) is 21.0. The number of fused-ring (bicyclic) bond motifs is 1. The maximum atomic E-state index is 12.1. The van der Waals surface area contributed by atoms with Gasteiger partial charge in [-0.3, -0.25) is 20.0 Å². The van der Waals surface area contributed by atoms with Crippen molar-refractivity contribution in [1.82, 2.24) is 30.8 Å². The van der Waals surface area contributed by atoms with Gasteiger partial charge in [0.15, 0.2) is 0 Å². The molecule has 10 nitrogen and oxygen atoms in total. The second-order valence-electron chi connectivity index (χ2n) is 8.43. The third kappa shape index (κ3) is 6.23. The highest BCUT2D eigenvalue weighted by molar-refractivity contribution is 7.12. The van der Waals surface area contributed by atoms with Gasteiger partial charge in [-0.05, 0) is 49.8 Å². The molecule has 0 unspecified atom stereocenters. The molecule has 1 aromatic carbocycles. The maximum absolute atomic E-state index is 12.1. The first-order valence-electron chi connectivity index (χ1n) is 11.7. The average molecular weight is 508 g/mol. The van der Waals surface area contributed by atoms with Crippen LogP contribution in [0.5, 0.6) is 0 Å². The minimum Gasteiger partial charge on any atom is -0.480 e. The Morgan fingerprint density at radius 3 is 2.67 bits per heavy atom. The summed E-state index contributed by atoms with van der Waals surface area (Å²) in [5.41, 5.74) is 4.66. The zero-order valence-electron chi connectivity index (χ0n) is 20.2. The van der Waals surface area contributed by atoms with E-state index in [9.17, 15) is 14.7 Å². The Bertz CT molecular complexity index is 1310. The normalized spacial score (nSPS) is 11.9. The summed E-state index contributed by atoms with van der Waals surface area (Å²) in [5.74, 6) is -0.777. The number of aliphatic carboxylic acids is 1. The molecule has 3 heterocycles. The number of aromatic nitrogens is 4. The van der Waals surface area contributed by atoms with E-state index in [0.717, 1.165) is 47.2 Å². The predicted molar refractivity (Wildman–Crippen MR) is 139 cm³/mol. The molecular formula is C25H29N7O3S. The van der Waals surface area contributed by atoms with Crippen molar-refractivity contribution < 1.29 is 14.7 Å². The number of nitrogens with one attached hydrogen (secondary N) is 4. The number of benzene rings is 1. The smallest absolute Gasteiger partial charge is 0.322 e. The van der Waals surface area contributed by atoms with E-state index in [0.29, 0.717) is 10.8 Å². The van der Waals surface area contributed by atoms with Gasteiger partial charge >= 0.3 is 5.97 Å². The van der Waals surface area contributed by atoms with Crippen molar-refractivity contribution in [3.63, 3.8) is 0 Å². The highest BCUT2D eigenvalue weighted by Crippen LogP contribution is 2.18. The number of carbonyl (C=O) groups is 2. The minimum absolute atomic E-state index is 0.0306. The molecule has 0 aliphatic rings. The molecule has 0 radical (unpaired) electrons. The summed E-state index contributed by atoms with van der Waals surface area (Å²) in [7, 11) is 0. The number of thiophene rings is 1. The van der Waals surface area contributed by atoms with E-state index >= 15 is 0 Å². The fourth-order valence-corrected chi connectivity index (χ4v) is 4.60. The van der Waals surface area contributed by atoms with E-state index < -0.39 is 12.0 Å². The Morgan fingerprint density at radius 1 is 1.14 bits per heavy atom. The van der Waals surface area contributed by atoms with Crippen LogP contribution in [0, 0.1) is 13.8 Å². The van der Waals surface area contributed by atoms with E-state index in [4.69, 9.17) is 0 Å². The number of H-pyrrole nitrogens is 1. The van der Waals surface area contributed by atoms with Crippen LogP contribution in [-0.4, -0.2) is 56.3 Å². The Labute approximate surface area is 212 Å². The number of aromatic amines is 1. The summed E-state index contributed by atoms with van der Waals surface area (Å²) in [6, 6.07) is 8.69. The van der Waals surface area contributed by atoms with Crippen LogP contribution in [0.1, 0.15) is 38.6 Å². The van der Waals surface area contributed by atoms with Crippen LogP contribution in [0.15, 0.2) is 41.9 Å². The molecule has 0 fully saturated rings. The number of carboxylic acid groups (broad SMARTS) is 1. The van der Waals surface area contributed by atoms with Gasteiger partial charge in [-0.1, -0.05) is 18.2 Å². The van der Waals surface area contributed by atoms with E-state index in [1.165, 1.54) is 16.9 Å². The van der Waals surface area contributed by atoms with Gasteiger partial charge in [0.25, 0.3) is 5.91 Å². The van der Waals surface area contributed by atoms with Crippen LogP contribution in [-0.2, 0) is 17.8 Å². The molecule has 188 valence electrons. The number of rotatable bonds is 12. The van der Waals surface area contributed by atoms with Crippen LogP contribution in [0.3, 0.4) is 0 Å². The van der Waals surface area contributed by atoms with E-state index in [1.54, 1.807) is 17.5 Å². The number of nitrogens with zero attached hydrogens (tertiary/aromatic N) is 3. The first kappa shape index (κ1) is 25.3. The Morgan fingerprint density at radius 2 is 1.94 bits per heavy atom. The average Bonchev–Trinajstić information content (AvgIpc) is 3.55. The van der Waals surface area contributed by atoms with Crippen molar-refractivity contribution >= 4 is 40.1 Å². The molecule has 4 aromatic rings. The first-order valence-corrected chi connectivity index (χ1v) is 12.6. The molecule has 0 aliphatic carbocycles. The molecule has 3 aromatic heterocycles. The van der Waals surface area contributed by atoms with Gasteiger partial charge in [0.05, 0.1) is 16.6 Å². The molecular weight excluding hydrogens is 478 g/mol. The largest absolute Gasteiger partial charge is 0.480 e. The molecule has 11 heteroatoms. The van der Waals surface area contributed by atoms with E-state index in [1.807, 2.05) is 32.2 Å². The number of anilines is 1. The van der Waals surface area contributed by atoms with Crippen LogP contribution in [0.2, 0.25) is 0 Å². The SMILES string of the molecule is Cc1nc(NCCCc2cccc3[nH]ncc23)nc(C)c1CN[C@@H](CNC(=O)c1cccs1)C(=O)O. The summed E-state index contributed by atoms with van der Waals surface area (Å²) in [6.45, 7) is 4.72.